The lowest BCUT2D eigenvalue weighted by Gasteiger charge is -2.42. The number of piperazine rings is 1. The number of benzene rings is 1. The summed E-state index contributed by atoms with van der Waals surface area (Å²) < 4.78 is 5.63. The smallest absolute Gasteiger partial charge is 0.410 e. The molecular formula is C31H40N6O2. The topological polar surface area (TPSA) is 85.6 Å². The minimum Gasteiger partial charge on any atom is -0.444 e. The average Bonchev–Trinajstić information content (AvgIpc) is 2.90. The predicted molar refractivity (Wildman–Crippen MR) is 157 cm³/mol. The van der Waals surface area contributed by atoms with Gasteiger partial charge < -0.3 is 19.4 Å². The molecule has 0 aliphatic carbocycles. The second-order valence-corrected chi connectivity index (χ2v) is 11.2. The van der Waals surface area contributed by atoms with Gasteiger partial charge in [-0.25, -0.2) is 14.8 Å². The summed E-state index contributed by atoms with van der Waals surface area (Å²) in [6.07, 6.45) is 4.74. The van der Waals surface area contributed by atoms with Crippen LogP contribution in [0.3, 0.4) is 0 Å². The highest BCUT2D eigenvalue weighted by Crippen LogP contribution is 2.36. The Bertz CT molecular complexity index is 1320. The second-order valence-electron chi connectivity index (χ2n) is 11.2. The lowest BCUT2D eigenvalue weighted by molar-refractivity contribution is 0.0144. The maximum atomic E-state index is 12.9. The molecule has 8 nitrogen and oxygen atoms in total. The van der Waals surface area contributed by atoms with Crippen molar-refractivity contribution in [2.45, 2.75) is 72.6 Å². The van der Waals surface area contributed by atoms with Gasteiger partial charge in [0.15, 0.2) is 0 Å². The molecular weight excluding hydrogens is 488 g/mol. The van der Waals surface area contributed by atoms with Crippen LogP contribution in [-0.4, -0.2) is 58.8 Å². The van der Waals surface area contributed by atoms with Crippen molar-refractivity contribution in [3.63, 3.8) is 0 Å². The van der Waals surface area contributed by atoms with Crippen molar-refractivity contribution in [2.24, 2.45) is 0 Å². The summed E-state index contributed by atoms with van der Waals surface area (Å²) in [5.74, 6) is 1.65. The molecule has 1 fully saturated rings. The summed E-state index contributed by atoms with van der Waals surface area (Å²) in [5, 5.41) is 9.51. The number of amides is 1. The fraction of sp³-hybridized carbons (Fsp3) is 0.484. The van der Waals surface area contributed by atoms with Gasteiger partial charge in [0.2, 0.25) is 0 Å². The van der Waals surface area contributed by atoms with E-state index in [4.69, 9.17) is 14.7 Å². The van der Waals surface area contributed by atoms with Crippen LogP contribution in [0.1, 0.15) is 69.2 Å². The summed E-state index contributed by atoms with van der Waals surface area (Å²) in [4.78, 5) is 28.9. The van der Waals surface area contributed by atoms with Crippen molar-refractivity contribution in [3.05, 3.63) is 59.1 Å². The number of fused-ring (bicyclic) bond motifs is 1. The fourth-order valence-electron chi connectivity index (χ4n) is 5.45. The van der Waals surface area contributed by atoms with Gasteiger partial charge in [0.1, 0.15) is 17.2 Å². The van der Waals surface area contributed by atoms with Crippen molar-refractivity contribution in [2.75, 3.05) is 36.0 Å². The minimum absolute atomic E-state index is 0.239. The third-order valence-corrected chi connectivity index (χ3v) is 7.35. The van der Waals surface area contributed by atoms with Gasteiger partial charge in [-0.2, -0.15) is 5.26 Å². The van der Waals surface area contributed by atoms with Gasteiger partial charge in [-0.15, -0.1) is 0 Å². The van der Waals surface area contributed by atoms with Gasteiger partial charge in [0.05, 0.1) is 30.8 Å². The number of hydrogen-bond acceptors (Lipinski definition) is 7. The van der Waals surface area contributed by atoms with Crippen LogP contribution >= 0.6 is 0 Å². The Balaban J connectivity index is 1.62. The van der Waals surface area contributed by atoms with Crippen molar-refractivity contribution >= 4 is 29.2 Å². The Morgan fingerprint density at radius 3 is 2.67 bits per heavy atom. The van der Waals surface area contributed by atoms with Crippen LogP contribution in [-0.2, 0) is 17.7 Å². The van der Waals surface area contributed by atoms with Crippen molar-refractivity contribution in [1.29, 1.82) is 5.26 Å². The van der Waals surface area contributed by atoms with E-state index in [0.717, 1.165) is 41.4 Å². The predicted octanol–water partition coefficient (Wildman–Crippen LogP) is 5.75. The number of aromatic nitrogens is 2. The molecule has 0 radical (unpaired) electrons. The third kappa shape index (κ3) is 6.08. The number of anilines is 2. The van der Waals surface area contributed by atoms with E-state index in [0.29, 0.717) is 26.2 Å². The first-order chi connectivity index (χ1) is 18.6. The van der Waals surface area contributed by atoms with Crippen molar-refractivity contribution in [1.82, 2.24) is 14.9 Å². The molecule has 1 amide bonds. The highest BCUT2D eigenvalue weighted by atomic mass is 16.6. The largest absolute Gasteiger partial charge is 0.444 e. The number of carbonyl (C=O) groups is 1. The molecule has 1 aromatic heterocycles. The lowest BCUT2D eigenvalue weighted by atomic mass is 9.95. The van der Waals surface area contributed by atoms with E-state index in [1.165, 1.54) is 16.8 Å². The minimum atomic E-state index is -0.587. The number of nitrogens with zero attached hydrogens (tertiary/aromatic N) is 6. The fourth-order valence-corrected chi connectivity index (χ4v) is 5.45. The number of rotatable bonds is 5. The van der Waals surface area contributed by atoms with E-state index in [-0.39, 0.29) is 18.6 Å². The zero-order valence-electron chi connectivity index (χ0n) is 24.1. The highest BCUT2D eigenvalue weighted by Gasteiger charge is 2.35. The van der Waals surface area contributed by atoms with Crippen LogP contribution in [0, 0.1) is 18.3 Å². The van der Waals surface area contributed by atoms with Crippen LogP contribution in [0.25, 0.3) is 11.6 Å². The molecule has 206 valence electrons. The van der Waals surface area contributed by atoms with E-state index >= 15 is 0 Å². The number of carbonyl (C=O) groups excluding carboxylic acids is 1. The maximum absolute atomic E-state index is 12.9. The molecule has 1 atom stereocenters. The molecule has 1 unspecified atom stereocenters. The standard InChI is InChI=1S/C31H40N6O2/c1-8-21(3)28-23(9-2)11-10-12-27(28)35-16-14-25-26(20-35)33-22(4)34-29(25)36-17-18-37(24(19-36)13-15-32)30(38)39-31(5,6)7/h8-12,24H,2,13-14,16-20H2,1,3-7H3/b21-8-. The number of aryl methyl sites for hydroxylation is 1. The molecule has 0 N–H and O–H groups in total. The molecule has 2 aromatic rings. The molecule has 1 saturated heterocycles. The quantitative estimate of drug-likeness (QED) is 0.488. The summed E-state index contributed by atoms with van der Waals surface area (Å²) >= 11 is 0. The average molecular weight is 529 g/mol. The van der Waals surface area contributed by atoms with Gasteiger partial charge in [0.25, 0.3) is 0 Å². The Hall–Kier alpha value is -3.86. The Labute approximate surface area is 232 Å². The van der Waals surface area contributed by atoms with Crippen molar-refractivity contribution < 1.29 is 9.53 Å². The highest BCUT2D eigenvalue weighted by molar-refractivity contribution is 5.82. The first-order valence-corrected chi connectivity index (χ1v) is 13.7. The van der Waals surface area contributed by atoms with E-state index in [2.05, 4.69) is 60.6 Å². The molecule has 0 bridgehead atoms. The normalized spacial score (nSPS) is 17.9. The van der Waals surface area contributed by atoms with Crippen LogP contribution in [0.2, 0.25) is 0 Å². The maximum Gasteiger partial charge on any atom is 0.410 e. The molecule has 0 saturated carbocycles. The first kappa shape index (κ1) is 28.2. The van der Waals surface area contributed by atoms with Crippen LogP contribution in [0.4, 0.5) is 16.3 Å². The molecule has 39 heavy (non-hydrogen) atoms. The Kier molecular flexibility index (Phi) is 8.29. The van der Waals surface area contributed by atoms with E-state index in [9.17, 15) is 10.1 Å². The second kappa shape index (κ2) is 11.5. The summed E-state index contributed by atoms with van der Waals surface area (Å²) in [7, 11) is 0. The number of hydrogen-bond donors (Lipinski definition) is 0. The zero-order chi connectivity index (χ0) is 28.3. The number of nitriles is 1. The lowest BCUT2D eigenvalue weighted by Crippen LogP contribution is -2.56. The van der Waals surface area contributed by atoms with Gasteiger partial charge >= 0.3 is 6.09 Å². The Morgan fingerprint density at radius 1 is 1.23 bits per heavy atom. The van der Waals surface area contributed by atoms with Gasteiger partial charge in [-0.1, -0.05) is 30.9 Å². The SMILES string of the molecule is C=Cc1cccc(N2CCc3c(nc(C)nc3N3CCN(C(=O)OC(C)(C)C)C(CC#N)C3)C2)c1/C(C)=C\C. The molecule has 8 heteroatoms. The molecule has 0 spiro atoms. The van der Waals surface area contributed by atoms with E-state index < -0.39 is 5.60 Å². The van der Waals surface area contributed by atoms with Gasteiger partial charge in [0, 0.05) is 43.0 Å². The molecule has 4 rings (SSSR count). The number of allylic oxidation sites excluding steroid dienone is 2. The zero-order valence-corrected chi connectivity index (χ0v) is 24.1. The molecule has 2 aliphatic rings. The monoisotopic (exact) mass is 528 g/mol. The molecule has 2 aliphatic heterocycles. The van der Waals surface area contributed by atoms with Crippen LogP contribution in [0.15, 0.2) is 30.9 Å². The van der Waals surface area contributed by atoms with E-state index in [1.807, 2.05) is 33.8 Å². The third-order valence-electron chi connectivity index (χ3n) is 7.35. The first-order valence-electron chi connectivity index (χ1n) is 13.7. The van der Waals surface area contributed by atoms with Crippen LogP contribution < -0.4 is 9.80 Å². The summed E-state index contributed by atoms with van der Waals surface area (Å²) in [5.41, 5.74) is 6.34. The summed E-state index contributed by atoms with van der Waals surface area (Å²) in [6.45, 7) is 18.9. The number of ether oxygens (including phenoxy) is 1. The Morgan fingerprint density at radius 2 is 2.00 bits per heavy atom. The van der Waals surface area contributed by atoms with Crippen molar-refractivity contribution in [3.8, 4) is 6.07 Å². The van der Waals surface area contributed by atoms with Crippen LogP contribution in [0.5, 0.6) is 0 Å². The summed E-state index contributed by atoms with van der Waals surface area (Å²) in [6, 6.07) is 8.36. The van der Waals surface area contributed by atoms with Gasteiger partial charge in [-0.05, 0) is 65.2 Å². The van der Waals surface area contributed by atoms with Gasteiger partial charge in [-0.3, -0.25) is 0 Å². The van der Waals surface area contributed by atoms with E-state index in [1.54, 1.807) is 4.90 Å². The molecule has 1 aromatic carbocycles. The molecule has 3 heterocycles.